The molecule has 0 saturated heterocycles. The van der Waals surface area contributed by atoms with Crippen LogP contribution in [0.5, 0.6) is 0 Å². The van der Waals surface area contributed by atoms with Crippen LogP contribution in [0, 0.1) is 13.8 Å². The molecule has 308 valence electrons. The predicted molar refractivity (Wildman–Crippen MR) is 276 cm³/mol. The molecule has 8 aromatic carbocycles. The molecule has 0 aliphatic carbocycles. The van der Waals surface area contributed by atoms with Crippen molar-refractivity contribution in [2.75, 3.05) is 9.80 Å². The van der Waals surface area contributed by atoms with E-state index in [0.717, 1.165) is 5.69 Å². The van der Waals surface area contributed by atoms with Gasteiger partial charge in [0.05, 0.1) is 21.4 Å². The van der Waals surface area contributed by atoms with Gasteiger partial charge < -0.3 is 14.4 Å². The van der Waals surface area contributed by atoms with Crippen molar-refractivity contribution in [2.45, 2.75) is 59.3 Å². The van der Waals surface area contributed by atoms with Crippen molar-refractivity contribution in [3.05, 3.63) is 192 Å². The maximum absolute atomic E-state index is 2.66. The minimum Gasteiger partial charge on any atom is -0.311 e. The van der Waals surface area contributed by atoms with Crippen LogP contribution in [0.2, 0.25) is 0 Å². The van der Waals surface area contributed by atoms with E-state index in [0.29, 0.717) is 0 Å². The Morgan fingerprint density at radius 2 is 1.25 bits per heavy atom. The largest absolute Gasteiger partial charge is 0.311 e. The maximum Gasteiger partial charge on any atom is 0.252 e. The van der Waals surface area contributed by atoms with Gasteiger partial charge in [0.15, 0.2) is 0 Å². The second kappa shape index (κ2) is 13.1. The van der Waals surface area contributed by atoms with Gasteiger partial charge in [-0.2, -0.15) is 0 Å². The van der Waals surface area contributed by atoms with E-state index in [9.17, 15) is 0 Å². The van der Waals surface area contributed by atoms with Crippen molar-refractivity contribution in [3.63, 3.8) is 0 Å². The summed E-state index contributed by atoms with van der Waals surface area (Å²) in [6.45, 7) is 16.3. The first kappa shape index (κ1) is 37.7. The van der Waals surface area contributed by atoms with Crippen LogP contribution in [0.15, 0.2) is 164 Å². The fourth-order valence-electron chi connectivity index (χ4n) is 11.3. The standard InChI is InChI=1S/C59H48BN3S/c1-35-15-8-11-20-47(35)61(48-21-12-9-16-36(48)2)41-28-29-45-50(34-41)62-49-30-27-39(58(3,4)5)31-44(49)37-23-25-38(26-24-37)59(6,7)40-32-51(62)54-52(33-40)63-55-43(18-14-19-46(55)60(45)54)57-56(63)42-17-10-13-22-53(42)64-57/h8-34H,1-7H3. The fourth-order valence-corrected chi connectivity index (χ4v) is 12.6. The molecule has 64 heavy (non-hydrogen) atoms. The predicted octanol–water partition coefficient (Wildman–Crippen LogP) is 14.3. The first-order valence-electron chi connectivity index (χ1n) is 22.7. The smallest absolute Gasteiger partial charge is 0.252 e. The van der Waals surface area contributed by atoms with Gasteiger partial charge in [0.1, 0.15) is 0 Å². The lowest BCUT2D eigenvalue weighted by Crippen LogP contribution is -2.60. The van der Waals surface area contributed by atoms with Gasteiger partial charge in [0.25, 0.3) is 6.71 Å². The highest BCUT2D eigenvalue weighted by Gasteiger charge is 2.44. The second-order valence-corrected chi connectivity index (χ2v) is 20.9. The first-order chi connectivity index (χ1) is 31.0. The van der Waals surface area contributed by atoms with Crippen molar-refractivity contribution in [3.8, 4) is 16.8 Å². The molecular weight excluding hydrogens is 794 g/mol. The molecule has 0 N–H and O–H groups in total. The van der Waals surface area contributed by atoms with Crippen molar-refractivity contribution in [1.82, 2.24) is 4.57 Å². The molecule has 0 saturated carbocycles. The molecule has 4 aliphatic rings. The minimum atomic E-state index is -0.286. The van der Waals surface area contributed by atoms with E-state index < -0.39 is 0 Å². The highest BCUT2D eigenvalue weighted by Crippen LogP contribution is 2.51. The third kappa shape index (κ3) is 5.10. The lowest BCUT2D eigenvalue weighted by molar-refractivity contribution is 0.590. The third-order valence-corrected chi connectivity index (χ3v) is 16.0. The van der Waals surface area contributed by atoms with Gasteiger partial charge in [-0.1, -0.05) is 144 Å². The number of para-hydroxylation sites is 3. The Bertz CT molecular complexity index is 3570. The number of nitrogens with zero attached hydrogens (tertiary/aromatic N) is 3. The van der Waals surface area contributed by atoms with E-state index in [1.54, 1.807) is 0 Å². The highest BCUT2D eigenvalue weighted by molar-refractivity contribution is 7.26. The van der Waals surface area contributed by atoms with Crippen LogP contribution in [0.4, 0.5) is 34.1 Å². The lowest BCUT2D eigenvalue weighted by Gasteiger charge is -2.42. The molecule has 3 nitrogen and oxygen atoms in total. The molecule has 10 aromatic rings. The number of hydrogen-bond acceptors (Lipinski definition) is 3. The molecule has 14 rings (SSSR count). The number of fused-ring (bicyclic) bond motifs is 11. The van der Waals surface area contributed by atoms with Crippen LogP contribution in [-0.2, 0) is 10.8 Å². The zero-order valence-corrected chi connectivity index (χ0v) is 38.2. The van der Waals surface area contributed by atoms with E-state index in [4.69, 9.17) is 0 Å². The summed E-state index contributed by atoms with van der Waals surface area (Å²) in [4.78, 5) is 5.13. The van der Waals surface area contributed by atoms with E-state index in [1.165, 1.54) is 121 Å². The molecule has 0 atom stereocenters. The van der Waals surface area contributed by atoms with E-state index in [2.05, 4.69) is 227 Å². The third-order valence-electron chi connectivity index (χ3n) is 14.8. The number of anilines is 6. The topological polar surface area (TPSA) is 11.4 Å². The van der Waals surface area contributed by atoms with Crippen molar-refractivity contribution in [2.24, 2.45) is 0 Å². The van der Waals surface area contributed by atoms with Gasteiger partial charge in [-0.25, -0.2) is 0 Å². The molecule has 0 unspecified atom stereocenters. The average Bonchev–Trinajstić information content (AvgIpc) is 3.83. The van der Waals surface area contributed by atoms with Crippen LogP contribution in [0.25, 0.3) is 48.0 Å². The van der Waals surface area contributed by atoms with E-state index in [-0.39, 0.29) is 17.5 Å². The number of hydrogen-bond donors (Lipinski definition) is 0. The minimum absolute atomic E-state index is 0.0232. The molecule has 4 aliphatic heterocycles. The van der Waals surface area contributed by atoms with Crippen molar-refractivity contribution in [1.29, 1.82) is 0 Å². The molecule has 2 aromatic heterocycles. The first-order valence-corrected chi connectivity index (χ1v) is 23.5. The average molecular weight is 842 g/mol. The van der Waals surface area contributed by atoms with E-state index in [1.807, 2.05) is 11.3 Å². The summed E-state index contributed by atoms with van der Waals surface area (Å²) < 4.78 is 5.36. The van der Waals surface area contributed by atoms with Crippen LogP contribution in [0.1, 0.15) is 62.4 Å². The summed E-state index contributed by atoms with van der Waals surface area (Å²) >= 11 is 1.93. The van der Waals surface area contributed by atoms with Gasteiger partial charge in [0, 0.05) is 60.6 Å². The molecule has 6 heterocycles. The number of benzene rings is 8. The molecular formula is C59H48BN3S. The summed E-state index contributed by atoms with van der Waals surface area (Å²) in [7, 11) is 0. The van der Waals surface area contributed by atoms with E-state index >= 15 is 0 Å². The summed E-state index contributed by atoms with van der Waals surface area (Å²) in [6.07, 6.45) is 0. The number of aromatic nitrogens is 1. The quantitative estimate of drug-likeness (QED) is 0.164. The maximum atomic E-state index is 2.66. The number of thiophene rings is 1. The van der Waals surface area contributed by atoms with Crippen LogP contribution in [0.3, 0.4) is 0 Å². The Kier molecular flexibility index (Phi) is 7.73. The van der Waals surface area contributed by atoms with Gasteiger partial charge >= 0.3 is 0 Å². The van der Waals surface area contributed by atoms with Crippen LogP contribution >= 0.6 is 11.3 Å². The van der Waals surface area contributed by atoms with Crippen LogP contribution < -0.4 is 26.2 Å². The van der Waals surface area contributed by atoms with Gasteiger partial charge in [-0.05, 0) is 124 Å². The summed E-state index contributed by atoms with van der Waals surface area (Å²) in [6, 6.07) is 62.9. The van der Waals surface area contributed by atoms with Crippen molar-refractivity contribution >= 4 is 99.8 Å². The Labute approximate surface area is 379 Å². The molecule has 4 bridgehead atoms. The Morgan fingerprint density at radius 3 is 1.98 bits per heavy atom. The Balaban J connectivity index is 1.20. The van der Waals surface area contributed by atoms with Gasteiger partial charge in [-0.3, -0.25) is 0 Å². The normalized spacial score (nSPS) is 14.2. The van der Waals surface area contributed by atoms with Crippen molar-refractivity contribution < 1.29 is 0 Å². The Morgan fingerprint density at radius 1 is 0.562 bits per heavy atom. The molecule has 0 amide bonds. The highest BCUT2D eigenvalue weighted by atomic mass is 32.1. The second-order valence-electron chi connectivity index (χ2n) is 19.9. The summed E-state index contributed by atoms with van der Waals surface area (Å²) in [5, 5.41) is 2.66. The lowest BCUT2D eigenvalue weighted by atomic mass is 9.33. The monoisotopic (exact) mass is 841 g/mol. The molecule has 5 heteroatoms. The molecule has 0 spiro atoms. The molecule has 0 fully saturated rings. The summed E-state index contributed by atoms with van der Waals surface area (Å²) in [5.41, 5.74) is 23.7. The Hall–Kier alpha value is -6.82. The zero-order chi connectivity index (χ0) is 43.4. The SMILES string of the molecule is Cc1ccccc1N(c1ccc2c(c1)N1c3ccc(C(C)(C)C)cc3-c3ccc(cc3)C(C)(C)c3cc1c1c(c3)-n3c4c(cccc4c4sc5ccccc5c43)B21)c1ccccc1C. The zero-order valence-electron chi connectivity index (χ0n) is 37.4. The summed E-state index contributed by atoms with van der Waals surface area (Å²) in [5.74, 6) is 0. The number of rotatable bonds is 3. The molecule has 0 radical (unpaired) electrons. The van der Waals surface area contributed by atoms with Gasteiger partial charge in [-0.15, -0.1) is 11.3 Å². The van der Waals surface area contributed by atoms with Crippen LogP contribution in [-0.4, -0.2) is 11.3 Å². The fraction of sp³-hybridized carbons (Fsp3) is 0.153. The van der Waals surface area contributed by atoms with Gasteiger partial charge in [0.2, 0.25) is 0 Å². The number of aryl methyl sites for hydroxylation is 2.